The zero-order valence-electron chi connectivity index (χ0n) is 66.9. The van der Waals surface area contributed by atoms with Crippen LogP contribution in [0.3, 0.4) is 0 Å². The number of aryl methyl sites for hydroxylation is 1. The first-order valence-electron chi connectivity index (χ1n) is 38.8. The Hall–Kier alpha value is -9.63. The van der Waals surface area contributed by atoms with Crippen LogP contribution in [0.4, 0.5) is 0 Å². The molecule has 0 radical (unpaired) electrons. The van der Waals surface area contributed by atoms with Crippen LogP contribution >= 0.6 is 55.2 Å². The van der Waals surface area contributed by atoms with Gasteiger partial charge in [0.25, 0.3) is 0 Å². The maximum absolute atomic E-state index is 6.14. The summed E-state index contributed by atoms with van der Waals surface area (Å²) in [6, 6.07) is 84.3. The highest BCUT2D eigenvalue weighted by Crippen LogP contribution is 2.45. The molecule has 0 aliphatic heterocycles. The first-order valence-corrected chi connectivity index (χ1v) is 52.8. The molecule has 0 aliphatic carbocycles. The van der Waals surface area contributed by atoms with E-state index in [0.717, 1.165) is 146 Å². The Kier molecular flexibility index (Phi) is 27.5. The number of hydrogen-bond acceptors (Lipinski definition) is 10. The third-order valence-corrected chi connectivity index (χ3v) is 27.1. The predicted octanol–water partition coefficient (Wildman–Crippen LogP) is 24.3. The van der Waals surface area contributed by atoms with Crippen LogP contribution in [0.1, 0.15) is 33.4 Å². The topological polar surface area (TPSA) is 145 Å². The van der Waals surface area contributed by atoms with E-state index in [1.807, 2.05) is 61.2 Å². The molecule has 15 nitrogen and oxygen atoms in total. The third-order valence-electron chi connectivity index (χ3n) is 20.0. The molecule has 0 saturated carbocycles. The Morgan fingerprint density at radius 1 is 0.391 bits per heavy atom. The van der Waals surface area contributed by atoms with Gasteiger partial charge >= 0.3 is 0 Å². The fourth-order valence-electron chi connectivity index (χ4n) is 14.1. The SMILES string of the molecule is Brc1cnc2[nH]cc(-c3cnn(C(c4ccccc4)(c4ccccc4)c4ccccc4)c3)c2c1.C[Si](C)(C)CCOCCl.C[Si](C)(C)CCOCn1cc(-c2cnn(C(c3ccccc3)(c3ccccc3)c3ccccc3)c2)c2cc(Br)cnc21.Cn1cc(-c2cn(COCC[Si](C)(C)C)c3ncc(Sc4ccccc4)cc23)cn1. The van der Waals surface area contributed by atoms with E-state index in [1.165, 1.54) is 10.9 Å². The third kappa shape index (κ3) is 20.4. The Labute approximate surface area is 704 Å². The molecule has 0 saturated heterocycles. The molecule has 16 aromatic rings. The van der Waals surface area contributed by atoms with Crippen molar-refractivity contribution in [2.75, 3.05) is 25.9 Å². The first-order chi connectivity index (χ1) is 55.6. The van der Waals surface area contributed by atoms with Crippen LogP contribution in [0.15, 0.2) is 324 Å². The predicted molar refractivity (Wildman–Crippen MR) is 488 cm³/mol. The molecule has 9 heterocycles. The maximum atomic E-state index is 6.14. The Balaban J connectivity index is 0.000000144. The van der Waals surface area contributed by atoms with Gasteiger partial charge in [0.05, 0.1) is 18.6 Å². The monoisotopic (exact) mass is 1740 g/mol. The van der Waals surface area contributed by atoms with Gasteiger partial charge in [0.15, 0.2) is 0 Å². The highest BCUT2D eigenvalue weighted by atomic mass is 79.9. The molecular formula is C93H99Br2ClN12O3SSi3. The van der Waals surface area contributed by atoms with Crippen LogP contribution in [0, 0.1) is 0 Å². The number of rotatable bonds is 27. The molecular weight excluding hydrogens is 1640 g/mol. The highest BCUT2D eigenvalue weighted by molar-refractivity contribution is 9.10. The lowest BCUT2D eigenvalue weighted by Gasteiger charge is -2.36. The second-order valence-electron chi connectivity index (χ2n) is 32.2. The molecule has 1 N–H and O–H groups in total. The van der Waals surface area contributed by atoms with Gasteiger partial charge < -0.3 is 28.3 Å². The minimum absolute atomic E-state index is 0.338. The van der Waals surface area contributed by atoms with E-state index in [4.69, 9.17) is 46.0 Å². The Bertz CT molecular complexity index is 5560. The van der Waals surface area contributed by atoms with Gasteiger partial charge in [-0.25, -0.2) is 15.0 Å². The number of halogens is 3. The number of alkyl halides is 1. The van der Waals surface area contributed by atoms with E-state index in [0.29, 0.717) is 19.5 Å². The summed E-state index contributed by atoms with van der Waals surface area (Å²) in [4.78, 5) is 19.7. The van der Waals surface area contributed by atoms with E-state index in [1.54, 1.807) is 18.0 Å². The molecule has 0 atom stereocenters. The number of ether oxygens (including phenoxy) is 3. The van der Waals surface area contributed by atoms with Gasteiger partial charge in [-0.05, 0) is 114 Å². The number of H-pyrrole nitrogens is 1. The van der Waals surface area contributed by atoms with Crippen molar-refractivity contribution in [1.82, 2.24) is 58.4 Å². The summed E-state index contributed by atoms with van der Waals surface area (Å²) in [7, 11) is -1.21. The largest absolute Gasteiger partial charge is 0.366 e. The van der Waals surface area contributed by atoms with Crippen molar-refractivity contribution >= 4 is 113 Å². The highest BCUT2D eigenvalue weighted by Gasteiger charge is 2.41. The molecule has 16 rings (SSSR count). The van der Waals surface area contributed by atoms with E-state index in [-0.39, 0.29) is 0 Å². The zero-order valence-corrected chi connectivity index (χ0v) is 74.7. The summed E-state index contributed by atoms with van der Waals surface area (Å²) in [6.07, 6.45) is 24.0. The van der Waals surface area contributed by atoms with Crippen LogP contribution in [0.2, 0.25) is 77.1 Å². The van der Waals surface area contributed by atoms with Gasteiger partial charge in [0.1, 0.15) is 47.5 Å². The lowest BCUT2D eigenvalue weighted by molar-refractivity contribution is 0.0898. The van der Waals surface area contributed by atoms with Crippen LogP contribution in [-0.2, 0) is 45.8 Å². The number of fused-ring (bicyclic) bond motifs is 3. The van der Waals surface area contributed by atoms with E-state index in [2.05, 4.69) is 374 Å². The fraction of sp³-hybridized carbons (Fsp3) is 0.226. The number of benzene rings is 7. The minimum atomic E-state index is -1.17. The average molecular weight is 1740 g/mol. The number of nitrogens with one attached hydrogen (secondary N) is 1. The van der Waals surface area contributed by atoms with E-state index >= 15 is 0 Å². The van der Waals surface area contributed by atoms with Gasteiger partial charge in [-0.2, -0.15) is 15.3 Å². The quantitative estimate of drug-likeness (QED) is 0.0228. The number of aromatic nitrogens is 12. The van der Waals surface area contributed by atoms with Crippen molar-refractivity contribution < 1.29 is 14.2 Å². The molecule has 7 aromatic carbocycles. The molecule has 9 aromatic heterocycles. The van der Waals surface area contributed by atoms with E-state index in [9.17, 15) is 0 Å². The fourth-order valence-corrected chi connectivity index (χ4v) is 18.0. The molecule has 0 fully saturated rings. The number of hydrogen-bond donors (Lipinski definition) is 1. The molecule has 115 heavy (non-hydrogen) atoms. The van der Waals surface area contributed by atoms with Gasteiger partial charge in [0.2, 0.25) is 0 Å². The molecule has 0 aliphatic rings. The van der Waals surface area contributed by atoms with Crippen molar-refractivity contribution in [3.63, 3.8) is 0 Å². The average Bonchev–Trinajstić information content (AvgIpc) is 1.72. The van der Waals surface area contributed by atoms with Crippen LogP contribution in [0.25, 0.3) is 66.5 Å². The summed E-state index contributed by atoms with van der Waals surface area (Å²) >= 11 is 14.2. The first kappa shape index (κ1) is 83.3. The molecule has 0 spiro atoms. The number of pyridine rings is 3. The molecule has 0 unspecified atom stereocenters. The molecule has 22 heteroatoms. The van der Waals surface area contributed by atoms with Crippen molar-refractivity contribution in [2.45, 2.75) is 111 Å². The Morgan fingerprint density at radius 3 is 1.15 bits per heavy atom. The van der Waals surface area contributed by atoms with Crippen molar-refractivity contribution in [3.8, 4) is 33.4 Å². The van der Waals surface area contributed by atoms with Gasteiger partial charge in [0, 0.05) is 175 Å². The molecule has 0 bridgehead atoms. The smallest absolute Gasteiger partial charge is 0.142 e. The maximum Gasteiger partial charge on any atom is 0.142 e. The molecule has 588 valence electrons. The lowest BCUT2D eigenvalue weighted by atomic mass is 9.77. The summed E-state index contributed by atoms with van der Waals surface area (Å²) in [5.41, 5.74) is 14.7. The number of nitrogens with zero attached hydrogens (tertiary/aromatic N) is 11. The van der Waals surface area contributed by atoms with Gasteiger partial charge in [-0.3, -0.25) is 14.0 Å². The van der Waals surface area contributed by atoms with E-state index < -0.39 is 35.3 Å². The lowest BCUT2D eigenvalue weighted by Crippen LogP contribution is -2.38. The second-order valence-corrected chi connectivity index (χ2v) is 52.2. The Morgan fingerprint density at radius 2 is 0.748 bits per heavy atom. The minimum Gasteiger partial charge on any atom is -0.366 e. The molecule has 0 amide bonds. The number of aromatic amines is 1. The standard InChI is InChI=1S/C35H35BrN4OSi.C29H21BrN4.C23H28N4OSSi.C6H15ClOSi/c1-42(2,3)20-19-41-26-39-25-33(32-21-31(36)23-37-34(32)39)27-22-38-40(24-27)35(28-13-7-4-8-14-28,29-15-9-5-10-16-29)30-17-11-6-12-18-30;30-25-16-26-27(19-32-28(26)31-18-25)21-17-33-34(20-21)29(22-10-4-1-5-11-22,23-12-6-2-7-13-23)24-14-8-3-9-15-24;1-26-15-18(13-25-26)22-16-27(17-28-10-11-30(2,3)4)23-21(22)12-20(14-24-23)29-19-8-6-5-7-9-19;1-9(2,3)5-4-8-6-7/h4-18,21-25H,19-20,26H2,1-3H3;1-20H,(H,31,32);5-9,12-16H,10-11,17H2,1-4H3;4-6H2,1-3H3. The van der Waals surface area contributed by atoms with Crippen LogP contribution in [0.5, 0.6) is 0 Å². The zero-order chi connectivity index (χ0) is 80.6. The summed E-state index contributed by atoms with van der Waals surface area (Å²) in [6.45, 7) is 24.6. The summed E-state index contributed by atoms with van der Waals surface area (Å²) in [5.74, 6) is 0. The summed E-state index contributed by atoms with van der Waals surface area (Å²) < 4.78 is 29.3. The second kappa shape index (κ2) is 38.0. The van der Waals surface area contributed by atoms with Crippen molar-refractivity contribution in [2.24, 2.45) is 7.05 Å². The van der Waals surface area contributed by atoms with Gasteiger partial charge in [-0.1, -0.05) is 282 Å². The van der Waals surface area contributed by atoms with Crippen LogP contribution in [-0.4, -0.2) is 109 Å². The normalized spacial score (nSPS) is 12.0. The van der Waals surface area contributed by atoms with Crippen molar-refractivity contribution in [1.29, 1.82) is 0 Å². The summed E-state index contributed by atoms with van der Waals surface area (Å²) in [5, 5.41) is 17.6. The van der Waals surface area contributed by atoms with Gasteiger partial charge in [-0.15, -0.1) is 0 Å². The van der Waals surface area contributed by atoms with Crippen molar-refractivity contribution in [3.05, 3.63) is 347 Å². The van der Waals surface area contributed by atoms with Crippen LogP contribution < -0.4 is 0 Å².